The molecule has 1 saturated heterocycles. The van der Waals surface area contributed by atoms with Crippen LogP contribution in [0.15, 0.2) is 0 Å². The summed E-state index contributed by atoms with van der Waals surface area (Å²) in [5.41, 5.74) is -0.477. The summed E-state index contributed by atoms with van der Waals surface area (Å²) >= 11 is 0. The highest BCUT2D eigenvalue weighted by molar-refractivity contribution is 7.26. The van der Waals surface area contributed by atoms with Crippen LogP contribution in [-0.4, -0.2) is 33.5 Å². The van der Waals surface area contributed by atoms with Gasteiger partial charge >= 0.3 is 0 Å². The fourth-order valence-electron chi connectivity index (χ4n) is 1.08. The molecule has 0 aliphatic carbocycles. The third kappa shape index (κ3) is 2.61. The standard InChI is InChI=1S/C6H12FO4P/c1-8-2-6(3-9-7)4-10-12-11-5-6/h12H,2-5H2,1H3. The van der Waals surface area contributed by atoms with Gasteiger partial charge in [0.05, 0.1) is 31.8 Å². The minimum atomic E-state index is -0.477. The predicted octanol–water partition coefficient (Wildman–Crippen LogP) is 1.08. The van der Waals surface area contributed by atoms with Crippen LogP contribution in [-0.2, 0) is 18.7 Å². The molecule has 0 unspecified atom stereocenters. The van der Waals surface area contributed by atoms with Crippen molar-refractivity contribution in [2.45, 2.75) is 0 Å². The van der Waals surface area contributed by atoms with Gasteiger partial charge in [0.15, 0.2) is 9.03 Å². The molecule has 0 atom stereocenters. The summed E-state index contributed by atoms with van der Waals surface area (Å²) in [6.45, 7) is 1.17. The Bertz CT molecular complexity index is 113. The first-order valence-corrected chi connectivity index (χ1v) is 4.36. The van der Waals surface area contributed by atoms with Gasteiger partial charge in [0.1, 0.15) is 0 Å². The highest BCUT2D eigenvalue weighted by atomic mass is 31.1. The van der Waals surface area contributed by atoms with E-state index >= 15 is 0 Å². The van der Waals surface area contributed by atoms with Crippen LogP contribution in [0.5, 0.6) is 0 Å². The van der Waals surface area contributed by atoms with Crippen molar-refractivity contribution in [2.75, 3.05) is 33.5 Å². The topological polar surface area (TPSA) is 36.9 Å². The number of hydrogen-bond acceptors (Lipinski definition) is 4. The Balaban J connectivity index is 2.44. The Hall–Kier alpha value is 0.200. The molecular formula is C6H12FO4P. The number of methoxy groups -OCH3 is 1. The highest BCUT2D eigenvalue weighted by Gasteiger charge is 2.35. The lowest BCUT2D eigenvalue weighted by Gasteiger charge is -2.33. The minimum absolute atomic E-state index is 0.0438. The van der Waals surface area contributed by atoms with Crippen molar-refractivity contribution in [3.63, 3.8) is 0 Å². The first kappa shape index (κ1) is 10.3. The lowest BCUT2D eigenvalue weighted by molar-refractivity contribution is -0.188. The molecule has 0 N–H and O–H groups in total. The van der Waals surface area contributed by atoms with Gasteiger partial charge < -0.3 is 13.8 Å². The van der Waals surface area contributed by atoms with Crippen molar-refractivity contribution in [1.82, 2.24) is 0 Å². The quantitative estimate of drug-likeness (QED) is 0.633. The van der Waals surface area contributed by atoms with Crippen molar-refractivity contribution < 1.29 is 23.3 Å². The van der Waals surface area contributed by atoms with E-state index in [9.17, 15) is 4.53 Å². The van der Waals surface area contributed by atoms with Crippen LogP contribution in [0.25, 0.3) is 0 Å². The van der Waals surface area contributed by atoms with Crippen molar-refractivity contribution in [2.24, 2.45) is 5.41 Å². The lowest BCUT2D eigenvalue weighted by Crippen LogP contribution is -2.41. The van der Waals surface area contributed by atoms with Crippen LogP contribution in [0.3, 0.4) is 0 Å². The summed E-state index contributed by atoms with van der Waals surface area (Å²) < 4.78 is 26.8. The first-order chi connectivity index (χ1) is 5.83. The molecule has 0 bridgehead atoms. The molecule has 6 heteroatoms. The predicted molar refractivity (Wildman–Crippen MR) is 41.6 cm³/mol. The molecule has 0 aromatic rings. The van der Waals surface area contributed by atoms with Crippen molar-refractivity contribution in [3.8, 4) is 0 Å². The van der Waals surface area contributed by atoms with E-state index in [4.69, 9.17) is 13.8 Å². The maximum absolute atomic E-state index is 11.7. The summed E-state index contributed by atoms with van der Waals surface area (Å²) in [4.78, 5) is 3.60. The van der Waals surface area contributed by atoms with Crippen molar-refractivity contribution in [3.05, 3.63) is 0 Å². The molecule has 1 aliphatic heterocycles. The second-order valence-corrected chi connectivity index (χ2v) is 3.59. The summed E-state index contributed by atoms with van der Waals surface area (Å²) in [6, 6.07) is 0. The Labute approximate surface area is 72.2 Å². The van der Waals surface area contributed by atoms with Gasteiger partial charge in [-0.2, -0.15) is 4.94 Å². The van der Waals surface area contributed by atoms with Gasteiger partial charge in [-0.25, -0.2) is 0 Å². The molecule has 0 aromatic heterocycles. The van der Waals surface area contributed by atoms with Gasteiger partial charge in [-0.05, 0) is 4.53 Å². The molecule has 0 amide bonds. The van der Waals surface area contributed by atoms with Crippen LogP contribution >= 0.6 is 9.03 Å². The summed E-state index contributed by atoms with van der Waals surface area (Å²) in [5, 5.41) is 0. The molecule has 0 aromatic carbocycles. The highest BCUT2D eigenvalue weighted by Crippen LogP contribution is 2.32. The van der Waals surface area contributed by atoms with Crippen LogP contribution in [0.2, 0.25) is 0 Å². The van der Waals surface area contributed by atoms with Crippen LogP contribution < -0.4 is 0 Å². The summed E-state index contributed by atoms with van der Waals surface area (Å²) in [5.74, 6) is 0. The second kappa shape index (κ2) is 5.04. The Morgan fingerprint density at radius 1 is 1.42 bits per heavy atom. The zero-order valence-electron chi connectivity index (χ0n) is 6.84. The number of rotatable bonds is 4. The fourth-order valence-corrected chi connectivity index (χ4v) is 1.89. The lowest BCUT2D eigenvalue weighted by atomic mass is 9.93. The van der Waals surface area contributed by atoms with E-state index in [2.05, 4.69) is 4.94 Å². The Morgan fingerprint density at radius 3 is 2.58 bits per heavy atom. The normalized spacial score (nSPS) is 32.5. The number of hydrogen-bond donors (Lipinski definition) is 0. The Kier molecular flexibility index (Phi) is 4.32. The molecule has 0 radical (unpaired) electrons. The zero-order valence-corrected chi connectivity index (χ0v) is 7.84. The summed E-state index contributed by atoms with van der Waals surface area (Å²) in [6.07, 6.45) is 0. The van der Waals surface area contributed by atoms with Gasteiger partial charge in [-0.3, -0.25) is 0 Å². The van der Waals surface area contributed by atoms with E-state index in [1.54, 1.807) is 7.11 Å². The monoisotopic (exact) mass is 198 g/mol. The van der Waals surface area contributed by atoms with Crippen LogP contribution in [0, 0.1) is 5.41 Å². The second-order valence-electron chi connectivity index (χ2n) is 2.85. The molecule has 0 spiro atoms. The average molecular weight is 198 g/mol. The SMILES string of the molecule is COCC1(COF)COPOC1. The largest absolute Gasteiger partial charge is 0.384 e. The van der Waals surface area contributed by atoms with E-state index in [0.29, 0.717) is 19.8 Å². The van der Waals surface area contributed by atoms with Crippen molar-refractivity contribution >= 4 is 9.03 Å². The summed E-state index contributed by atoms with van der Waals surface area (Å²) in [7, 11) is 1.60. The molecule has 0 saturated carbocycles. The molecule has 72 valence electrons. The third-order valence-corrected chi connectivity index (χ3v) is 2.21. The van der Waals surface area contributed by atoms with E-state index in [1.165, 1.54) is 0 Å². The van der Waals surface area contributed by atoms with Gasteiger partial charge in [0, 0.05) is 7.11 Å². The molecule has 1 rings (SSSR count). The van der Waals surface area contributed by atoms with Gasteiger partial charge in [0.2, 0.25) is 0 Å². The average Bonchev–Trinajstić information content (AvgIpc) is 2.07. The van der Waals surface area contributed by atoms with Gasteiger partial charge in [0.25, 0.3) is 0 Å². The Morgan fingerprint density at radius 2 is 2.08 bits per heavy atom. The maximum Gasteiger partial charge on any atom is 0.155 e. The zero-order chi connectivity index (χ0) is 8.86. The minimum Gasteiger partial charge on any atom is -0.384 e. The molecule has 1 fully saturated rings. The van der Waals surface area contributed by atoms with Crippen LogP contribution in [0.1, 0.15) is 0 Å². The van der Waals surface area contributed by atoms with Crippen molar-refractivity contribution in [1.29, 1.82) is 0 Å². The third-order valence-electron chi connectivity index (χ3n) is 1.69. The maximum atomic E-state index is 11.7. The molecule has 12 heavy (non-hydrogen) atoms. The fraction of sp³-hybridized carbons (Fsp3) is 1.00. The van der Waals surface area contributed by atoms with Gasteiger partial charge in [-0.15, -0.1) is 0 Å². The van der Waals surface area contributed by atoms with E-state index in [1.807, 2.05) is 0 Å². The smallest absolute Gasteiger partial charge is 0.155 e. The van der Waals surface area contributed by atoms with E-state index in [0.717, 1.165) is 0 Å². The molecule has 1 aliphatic rings. The van der Waals surface area contributed by atoms with Crippen LogP contribution in [0.4, 0.5) is 4.53 Å². The number of halogens is 1. The van der Waals surface area contributed by atoms with E-state index < -0.39 is 5.41 Å². The molecule has 4 nitrogen and oxygen atoms in total. The number of ether oxygens (including phenoxy) is 1. The van der Waals surface area contributed by atoms with Gasteiger partial charge in [-0.1, -0.05) is 0 Å². The molecule has 1 heterocycles. The van der Waals surface area contributed by atoms with E-state index in [-0.39, 0.29) is 15.6 Å². The molecular weight excluding hydrogens is 186 g/mol. The first-order valence-electron chi connectivity index (χ1n) is 3.54.